The molecule has 0 amide bonds. The van der Waals surface area contributed by atoms with Gasteiger partial charge in [-0.25, -0.2) is 4.79 Å². The van der Waals surface area contributed by atoms with Crippen LogP contribution in [-0.4, -0.2) is 25.3 Å². The highest BCUT2D eigenvalue weighted by Crippen LogP contribution is 2.29. The molecule has 2 aromatic carbocycles. The van der Waals surface area contributed by atoms with Gasteiger partial charge >= 0.3 is 5.97 Å². The van der Waals surface area contributed by atoms with Gasteiger partial charge in [0.2, 0.25) is 0 Å². The first kappa shape index (κ1) is 13.9. The first-order valence-corrected chi connectivity index (χ1v) is 6.12. The molecule has 4 nitrogen and oxygen atoms in total. The Morgan fingerprint density at radius 2 is 1.75 bits per heavy atom. The molecule has 0 fully saturated rings. The second kappa shape index (κ2) is 5.65. The third kappa shape index (κ3) is 2.74. The minimum atomic E-state index is -0.976. The van der Waals surface area contributed by atoms with Gasteiger partial charge in [0.15, 0.2) is 0 Å². The van der Waals surface area contributed by atoms with Crippen LogP contribution in [0.5, 0.6) is 11.5 Å². The Morgan fingerprint density at radius 3 is 2.30 bits per heavy atom. The van der Waals surface area contributed by atoms with Crippen molar-refractivity contribution in [1.29, 1.82) is 0 Å². The van der Waals surface area contributed by atoms with E-state index in [0.717, 1.165) is 22.4 Å². The molecule has 20 heavy (non-hydrogen) atoms. The van der Waals surface area contributed by atoms with Gasteiger partial charge in [0.05, 0.1) is 19.8 Å². The maximum absolute atomic E-state index is 11.1. The standard InChI is InChI=1S/C16H16O4/c1-10-6-11(4-5-15(10)20-3)12-7-13(16(17)18)9-14(8-12)19-2/h4-9H,1-3H3,(H,17,18). The second-order valence-corrected chi connectivity index (χ2v) is 4.44. The third-order valence-electron chi connectivity index (χ3n) is 3.12. The molecule has 0 spiro atoms. The minimum Gasteiger partial charge on any atom is -0.497 e. The molecule has 2 aromatic rings. The van der Waals surface area contributed by atoms with Crippen LogP contribution in [0.15, 0.2) is 36.4 Å². The van der Waals surface area contributed by atoms with E-state index in [0.29, 0.717) is 5.75 Å². The molecule has 4 heteroatoms. The van der Waals surface area contributed by atoms with E-state index in [1.54, 1.807) is 13.2 Å². The van der Waals surface area contributed by atoms with Gasteiger partial charge in [-0.15, -0.1) is 0 Å². The van der Waals surface area contributed by atoms with Gasteiger partial charge in [-0.05, 0) is 53.9 Å². The van der Waals surface area contributed by atoms with Crippen LogP contribution < -0.4 is 9.47 Å². The summed E-state index contributed by atoms with van der Waals surface area (Å²) in [7, 11) is 3.14. The van der Waals surface area contributed by atoms with Crippen molar-refractivity contribution in [3.63, 3.8) is 0 Å². The number of benzene rings is 2. The minimum absolute atomic E-state index is 0.202. The van der Waals surface area contributed by atoms with Gasteiger partial charge in [-0.3, -0.25) is 0 Å². The summed E-state index contributed by atoms with van der Waals surface area (Å²) in [6.45, 7) is 1.95. The first-order chi connectivity index (χ1) is 9.55. The summed E-state index contributed by atoms with van der Waals surface area (Å²) < 4.78 is 10.4. The summed E-state index contributed by atoms with van der Waals surface area (Å²) in [5.74, 6) is 0.346. The molecule has 0 saturated carbocycles. The summed E-state index contributed by atoms with van der Waals surface area (Å²) in [6.07, 6.45) is 0. The number of carbonyl (C=O) groups is 1. The van der Waals surface area contributed by atoms with Crippen LogP contribution in [0.3, 0.4) is 0 Å². The molecular formula is C16H16O4. The smallest absolute Gasteiger partial charge is 0.335 e. The molecule has 104 valence electrons. The van der Waals surface area contributed by atoms with Crippen molar-refractivity contribution in [2.24, 2.45) is 0 Å². The van der Waals surface area contributed by atoms with Gasteiger partial charge in [0, 0.05) is 0 Å². The molecule has 2 rings (SSSR count). The molecule has 0 heterocycles. The molecule has 0 unspecified atom stereocenters. The van der Waals surface area contributed by atoms with Gasteiger partial charge in [0.1, 0.15) is 11.5 Å². The van der Waals surface area contributed by atoms with Crippen LogP contribution in [-0.2, 0) is 0 Å². The van der Waals surface area contributed by atoms with E-state index in [9.17, 15) is 4.79 Å². The normalized spacial score (nSPS) is 10.2. The number of ether oxygens (including phenoxy) is 2. The maximum Gasteiger partial charge on any atom is 0.335 e. The van der Waals surface area contributed by atoms with Crippen molar-refractivity contribution in [3.05, 3.63) is 47.5 Å². The fraction of sp³-hybridized carbons (Fsp3) is 0.188. The number of carboxylic acids is 1. The molecule has 0 saturated heterocycles. The van der Waals surface area contributed by atoms with Crippen molar-refractivity contribution < 1.29 is 19.4 Å². The zero-order chi connectivity index (χ0) is 14.7. The Labute approximate surface area is 117 Å². The van der Waals surface area contributed by atoms with Crippen LogP contribution >= 0.6 is 0 Å². The van der Waals surface area contributed by atoms with Crippen molar-refractivity contribution >= 4 is 5.97 Å². The van der Waals surface area contributed by atoms with E-state index in [4.69, 9.17) is 14.6 Å². The predicted molar refractivity (Wildman–Crippen MR) is 76.7 cm³/mol. The number of methoxy groups -OCH3 is 2. The number of hydrogen-bond donors (Lipinski definition) is 1. The molecule has 0 bridgehead atoms. The molecule has 0 aromatic heterocycles. The summed E-state index contributed by atoms with van der Waals surface area (Å²) in [6, 6.07) is 10.7. The number of hydrogen-bond acceptors (Lipinski definition) is 3. The van der Waals surface area contributed by atoms with Crippen molar-refractivity contribution in [3.8, 4) is 22.6 Å². The lowest BCUT2D eigenvalue weighted by molar-refractivity contribution is 0.0696. The monoisotopic (exact) mass is 272 g/mol. The van der Waals surface area contributed by atoms with E-state index < -0.39 is 5.97 Å². The Kier molecular flexibility index (Phi) is 3.94. The highest BCUT2D eigenvalue weighted by atomic mass is 16.5. The van der Waals surface area contributed by atoms with Crippen LogP contribution in [0.1, 0.15) is 15.9 Å². The molecule has 0 atom stereocenters. The highest BCUT2D eigenvalue weighted by molar-refractivity contribution is 5.90. The number of rotatable bonds is 4. The average Bonchev–Trinajstić information content (AvgIpc) is 2.46. The van der Waals surface area contributed by atoms with Crippen LogP contribution in [0.25, 0.3) is 11.1 Å². The largest absolute Gasteiger partial charge is 0.497 e. The van der Waals surface area contributed by atoms with Gasteiger partial charge in [-0.1, -0.05) is 6.07 Å². The van der Waals surface area contributed by atoms with Crippen molar-refractivity contribution in [2.45, 2.75) is 6.92 Å². The quantitative estimate of drug-likeness (QED) is 0.927. The lowest BCUT2D eigenvalue weighted by Crippen LogP contribution is -1.98. The van der Waals surface area contributed by atoms with E-state index in [-0.39, 0.29) is 5.56 Å². The van der Waals surface area contributed by atoms with Crippen LogP contribution in [0.2, 0.25) is 0 Å². The molecule has 0 aliphatic heterocycles. The average molecular weight is 272 g/mol. The molecule has 0 radical (unpaired) electrons. The zero-order valence-electron chi connectivity index (χ0n) is 11.6. The Morgan fingerprint density at radius 1 is 1.00 bits per heavy atom. The Bertz CT molecular complexity index is 647. The van der Waals surface area contributed by atoms with Gasteiger partial charge in [-0.2, -0.15) is 0 Å². The summed E-state index contributed by atoms with van der Waals surface area (Å²) >= 11 is 0. The maximum atomic E-state index is 11.1. The van der Waals surface area contributed by atoms with E-state index in [1.165, 1.54) is 13.2 Å². The van der Waals surface area contributed by atoms with E-state index in [2.05, 4.69) is 0 Å². The SMILES string of the molecule is COc1cc(C(=O)O)cc(-c2ccc(OC)c(C)c2)c1. The van der Waals surface area contributed by atoms with Crippen LogP contribution in [0.4, 0.5) is 0 Å². The molecular weight excluding hydrogens is 256 g/mol. The second-order valence-electron chi connectivity index (χ2n) is 4.44. The van der Waals surface area contributed by atoms with E-state index in [1.807, 2.05) is 31.2 Å². The Hall–Kier alpha value is -2.49. The number of carboxylic acid groups (broad SMARTS) is 1. The fourth-order valence-corrected chi connectivity index (χ4v) is 2.07. The molecule has 0 aliphatic carbocycles. The van der Waals surface area contributed by atoms with Crippen molar-refractivity contribution in [1.82, 2.24) is 0 Å². The third-order valence-corrected chi connectivity index (χ3v) is 3.12. The molecule has 1 N–H and O–H groups in total. The van der Waals surface area contributed by atoms with E-state index >= 15 is 0 Å². The fourth-order valence-electron chi connectivity index (χ4n) is 2.07. The summed E-state index contributed by atoms with van der Waals surface area (Å²) in [5, 5.41) is 9.14. The van der Waals surface area contributed by atoms with Crippen molar-refractivity contribution in [2.75, 3.05) is 14.2 Å². The lowest BCUT2D eigenvalue weighted by atomic mass is 10.0. The predicted octanol–water partition coefficient (Wildman–Crippen LogP) is 3.38. The Balaban J connectivity index is 2.54. The zero-order valence-corrected chi connectivity index (χ0v) is 11.6. The highest BCUT2D eigenvalue weighted by Gasteiger charge is 2.10. The van der Waals surface area contributed by atoms with Gasteiger partial charge in [0.25, 0.3) is 0 Å². The van der Waals surface area contributed by atoms with Gasteiger partial charge < -0.3 is 14.6 Å². The lowest BCUT2D eigenvalue weighted by Gasteiger charge is -2.10. The first-order valence-electron chi connectivity index (χ1n) is 6.12. The molecule has 0 aliphatic rings. The van der Waals surface area contributed by atoms with Crippen LogP contribution in [0, 0.1) is 6.92 Å². The summed E-state index contributed by atoms with van der Waals surface area (Å²) in [5.41, 5.74) is 2.91. The summed E-state index contributed by atoms with van der Waals surface area (Å²) in [4.78, 5) is 11.1. The topological polar surface area (TPSA) is 55.8 Å². The number of aryl methyl sites for hydroxylation is 1. The number of aromatic carboxylic acids is 1.